The topological polar surface area (TPSA) is 56.7 Å². The fourth-order valence-corrected chi connectivity index (χ4v) is 8.96. The van der Waals surface area contributed by atoms with Gasteiger partial charge in [0.25, 0.3) is 0 Å². The number of imidazole rings is 1. The van der Waals surface area contributed by atoms with E-state index < -0.39 is 6.85 Å². The monoisotopic (exact) mass is 1040 g/mol. The Morgan fingerprint density at radius 1 is 0.667 bits per heavy atom. The second-order valence-electron chi connectivity index (χ2n) is 18.5. The molecule has 0 spiro atoms. The first-order chi connectivity index (χ1) is 32.7. The Labute approximate surface area is 405 Å². The maximum absolute atomic E-state index is 8.57. The summed E-state index contributed by atoms with van der Waals surface area (Å²) in [6.07, 6.45) is 1.81. The molecular weight excluding hydrogens is 985 g/mol. The van der Waals surface area contributed by atoms with Crippen LogP contribution in [0.3, 0.4) is 0 Å². The summed E-state index contributed by atoms with van der Waals surface area (Å²) in [5.41, 5.74) is 11.6. The van der Waals surface area contributed by atoms with Crippen molar-refractivity contribution in [2.24, 2.45) is 0 Å². The molecule has 11 aromatic rings. The summed E-state index contributed by atoms with van der Waals surface area (Å²) in [6, 6.07) is 57.9. The molecule has 0 unspecified atom stereocenters. The zero-order chi connectivity index (χ0) is 47.5. The SMILES string of the molecule is CC(C)(C)c1ccnc(-c2[c-]cccc2)n1.[2H]C([2H])([2H])c1c[c-]c(-c2nc3ccccc3n2-c2c(C(C)C)cc(-c3ccccc3)cc2C(C)C)c2oc3cc4c(ccc5ccccc54)cc3c12.[Ir]. The third-order valence-electron chi connectivity index (χ3n) is 12.3. The van der Waals surface area contributed by atoms with Gasteiger partial charge in [0.15, 0.2) is 0 Å². The van der Waals surface area contributed by atoms with Crippen molar-refractivity contribution in [1.29, 1.82) is 0 Å². The zero-order valence-corrected chi connectivity index (χ0v) is 40.6. The van der Waals surface area contributed by atoms with Gasteiger partial charge in [-0.25, -0.2) is 0 Å². The molecule has 0 fully saturated rings. The molecule has 0 bridgehead atoms. The number of aromatic nitrogens is 4. The first-order valence-corrected chi connectivity index (χ1v) is 22.4. The van der Waals surface area contributed by atoms with E-state index in [4.69, 9.17) is 13.5 Å². The van der Waals surface area contributed by atoms with Crippen LogP contribution in [-0.4, -0.2) is 19.5 Å². The van der Waals surface area contributed by atoms with Gasteiger partial charge in [-0.3, -0.25) is 15.0 Å². The van der Waals surface area contributed by atoms with Crippen molar-refractivity contribution in [1.82, 2.24) is 19.5 Å². The smallest absolute Gasteiger partial charge is 0.121 e. The summed E-state index contributed by atoms with van der Waals surface area (Å²) in [6.45, 7) is 13.0. The Morgan fingerprint density at radius 3 is 2.11 bits per heavy atom. The van der Waals surface area contributed by atoms with Crippen molar-refractivity contribution in [3.05, 3.63) is 192 Å². The van der Waals surface area contributed by atoms with Gasteiger partial charge < -0.3 is 8.98 Å². The molecule has 0 atom stereocenters. The van der Waals surface area contributed by atoms with Gasteiger partial charge in [-0.15, -0.1) is 53.6 Å². The minimum Gasteiger partial charge on any atom is -0.501 e. The van der Waals surface area contributed by atoms with E-state index in [1.54, 1.807) is 6.07 Å². The molecule has 0 saturated heterocycles. The molecule has 11 rings (SSSR count). The Morgan fingerprint density at radius 2 is 1.38 bits per heavy atom. The fraction of sp³-hybridized carbons (Fsp3) is 0.183. The largest absolute Gasteiger partial charge is 0.501 e. The minimum absolute atomic E-state index is 0. The Hall–Kier alpha value is -6.72. The third-order valence-corrected chi connectivity index (χ3v) is 12.3. The standard InChI is InChI=1S/C46H37N2O.C14H15N2.Ir/c1-27(2)36-24-33(30-13-7-6-8-14-30)25-37(28(3)4)44(36)48-41-18-12-11-17-40(41)47-46(48)35-22-19-29(5)43-39-23-32-21-20-31-15-9-10-16-34(31)38(32)26-42(39)49-45(35)43;1-14(2,3)12-9-10-15-13(16-12)11-7-5-4-6-8-11;/h6-21,23-28H,1-5H3;4-7,9-10H,1-3H3;/q2*-1;/i5D3;;. The predicted molar refractivity (Wildman–Crippen MR) is 271 cm³/mol. The van der Waals surface area contributed by atoms with Gasteiger partial charge in [0.2, 0.25) is 0 Å². The molecule has 0 amide bonds. The molecule has 6 heteroatoms. The van der Waals surface area contributed by atoms with E-state index in [1.807, 2.05) is 72.9 Å². The van der Waals surface area contributed by atoms with Gasteiger partial charge in [0.1, 0.15) is 5.58 Å². The maximum Gasteiger partial charge on any atom is 0.121 e. The number of benzene rings is 8. The second-order valence-corrected chi connectivity index (χ2v) is 18.5. The minimum atomic E-state index is -2.38. The molecule has 5 nitrogen and oxygen atoms in total. The fourth-order valence-electron chi connectivity index (χ4n) is 8.96. The van der Waals surface area contributed by atoms with Crippen LogP contribution in [0.1, 0.15) is 86.8 Å². The number of para-hydroxylation sites is 2. The molecule has 0 aliphatic carbocycles. The van der Waals surface area contributed by atoms with Gasteiger partial charge in [0.05, 0.1) is 28.3 Å². The van der Waals surface area contributed by atoms with Crippen LogP contribution < -0.4 is 0 Å². The van der Waals surface area contributed by atoms with Gasteiger partial charge in [-0.1, -0.05) is 145 Å². The van der Waals surface area contributed by atoms with E-state index >= 15 is 0 Å². The Balaban J connectivity index is 0.000000296. The van der Waals surface area contributed by atoms with Gasteiger partial charge in [-0.2, -0.15) is 0 Å². The van der Waals surface area contributed by atoms with Crippen LogP contribution in [0.2, 0.25) is 0 Å². The van der Waals surface area contributed by atoms with Crippen LogP contribution in [0, 0.1) is 19.0 Å². The van der Waals surface area contributed by atoms with Gasteiger partial charge >= 0.3 is 0 Å². The van der Waals surface area contributed by atoms with Crippen molar-refractivity contribution < 1.29 is 28.6 Å². The van der Waals surface area contributed by atoms with Crippen molar-refractivity contribution in [2.45, 2.75) is 72.6 Å². The summed E-state index contributed by atoms with van der Waals surface area (Å²) in [5, 5.41) is 5.67. The van der Waals surface area contributed by atoms with Gasteiger partial charge in [0, 0.05) is 52.6 Å². The summed E-state index contributed by atoms with van der Waals surface area (Å²) in [7, 11) is 0. The number of fused-ring (bicyclic) bond motifs is 7. The number of aryl methyl sites for hydroxylation is 1. The van der Waals surface area contributed by atoms with E-state index in [-0.39, 0.29) is 42.9 Å². The average molecular weight is 1040 g/mol. The van der Waals surface area contributed by atoms with Crippen molar-refractivity contribution in [3.8, 4) is 39.6 Å². The molecule has 66 heavy (non-hydrogen) atoms. The summed E-state index contributed by atoms with van der Waals surface area (Å²) >= 11 is 0. The van der Waals surface area contributed by atoms with E-state index in [1.165, 1.54) is 22.3 Å². The van der Waals surface area contributed by atoms with Crippen LogP contribution in [-0.2, 0) is 25.5 Å². The van der Waals surface area contributed by atoms with Crippen LogP contribution in [0.25, 0.3) is 94.1 Å². The maximum atomic E-state index is 8.57. The van der Waals surface area contributed by atoms with Crippen molar-refractivity contribution in [2.75, 3.05) is 0 Å². The van der Waals surface area contributed by atoms with Crippen molar-refractivity contribution in [3.63, 3.8) is 0 Å². The molecule has 3 heterocycles. The van der Waals surface area contributed by atoms with E-state index in [0.29, 0.717) is 27.9 Å². The molecule has 3 aromatic heterocycles. The van der Waals surface area contributed by atoms with Crippen molar-refractivity contribution >= 4 is 54.5 Å². The van der Waals surface area contributed by atoms with E-state index in [0.717, 1.165) is 60.7 Å². The quantitative estimate of drug-likeness (QED) is 0.123. The summed E-state index contributed by atoms with van der Waals surface area (Å²) in [5.74, 6) is 1.79. The molecule has 0 N–H and O–H groups in total. The Kier molecular flexibility index (Phi) is 11.1. The number of furan rings is 1. The average Bonchev–Trinajstić information content (AvgIpc) is 3.91. The predicted octanol–water partition coefficient (Wildman–Crippen LogP) is 16.2. The first-order valence-electron chi connectivity index (χ1n) is 23.9. The molecule has 1 radical (unpaired) electrons. The zero-order valence-electron chi connectivity index (χ0n) is 41.2. The number of hydrogen-bond acceptors (Lipinski definition) is 4. The van der Waals surface area contributed by atoms with Gasteiger partial charge in [-0.05, 0) is 98.1 Å². The first kappa shape index (κ1) is 40.8. The number of nitrogens with zero attached hydrogens (tertiary/aromatic N) is 4. The van der Waals surface area contributed by atoms with E-state index in [9.17, 15) is 0 Å². The molecule has 8 aromatic carbocycles. The second kappa shape index (κ2) is 17.9. The number of hydrogen-bond donors (Lipinski definition) is 0. The molecule has 0 aliphatic rings. The van der Waals surface area contributed by atoms with E-state index in [2.05, 4.69) is 154 Å². The normalized spacial score (nSPS) is 12.7. The molecule has 329 valence electrons. The number of rotatable bonds is 6. The van der Waals surface area contributed by atoms with Crippen LogP contribution >= 0.6 is 0 Å². The van der Waals surface area contributed by atoms with Crippen LogP contribution in [0.15, 0.2) is 162 Å². The molecule has 0 aliphatic heterocycles. The third kappa shape index (κ3) is 8.14. The van der Waals surface area contributed by atoms with Crippen LogP contribution in [0.4, 0.5) is 0 Å². The summed E-state index contributed by atoms with van der Waals surface area (Å²) < 4.78 is 34.8. The molecule has 0 saturated carbocycles. The Bertz CT molecular complexity index is 3630. The summed E-state index contributed by atoms with van der Waals surface area (Å²) in [4.78, 5) is 14.1. The van der Waals surface area contributed by atoms with Crippen LogP contribution in [0.5, 0.6) is 0 Å². The molecular formula is C60H52IrN4O-2.